The largest absolute Gasteiger partial charge is 0.493 e. The van der Waals surface area contributed by atoms with Crippen LogP contribution < -0.4 is 25.8 Å². The van der Waals surface area contributed by atoms with Crippen LogP contribution in [0.1, 0.15) is 78.7 Å². The third-order valence-corrected chi connectivity index (χ3v) is 8.65. The Morgan fingerprint density at radius 3 is 2.48 bits per heavy atom. The highest BCUT2D eigenvalue weighted by Gasteiger charge is 2.39. The Hall–Kier alpha value is -2.07. The number of amides is 2. The molecule has 0 radical (unpaired) electrons. The van der Waals surface area contributed by atoms with Crippen molar-refractivity contribution in [2.24, 2.45) is 28.9 Å². The predicted molar refractivity (Wildman–Crippen MR) is 169 cm³/mol. The Morgan fingerprint density at radius 1 is 1.14 bits per heavy atom. The fourth-order valence-corrected chi connectivity index (χ4v) is 5.77. The van der Waals surface area contributed by atoms with Gasteiger partial charge in [-0.3, -0.25) is 9.59 Å². The summed E-state index contributed by atoms with van der Waals surface area (Å²) in [4.78, 5) is 24.7. The van der Waals surface area contributed by atoms with Crippen molar-refractivity contribution in [2.75, 3.05) is 34.0 Å². The number of hydrogen-bond donors (Lipinski definition) is 4. The molecule has 1 aliphatic rings. The number of halogens is 1. The van der Waals surface area contributed by atoms with E-state index < -0.39 is 17.6 Å². The Labute approximate surface area is 259 Å². The van der Waals surface area contributed by atoms with E-state index in [1.807, 2.05) is 32.0 Å². The number of aliphatic hydroxyl groups is 1. The minimum atomic E-state index is -0.856. The van der Waals surface area contributed by atoms with Gasteiger partial charge >= 0.3 is 0 Å². The quantitative estimate of drug-likeness (QED) is 0.193. The van der Waals surface area contributed by atoms with Crippen LogP contribution in [0.2, 0.25) is 0 Å². The molecule has 0 bridgehead atoms. The summed E-state index contributed by atoms with van der Waals surface area (Å²) in [6.07, 6.45) is 4.98. The highest BCUT2D eigenvalue weighted by Crippen LogP contribution is 2.38. The smallest absolute Gasteiger partial charge is 0.226 e. The molecule has 5 atom stereocenters. The van der Waals surface area contributed by atoms with Crippen molar-refractivity contribution >= 4 is 24.2 Å². The summed E-state index contributed by atoms with van der Waals surface area (Å²) in [6.45, 7) is 11.1. The zero-order valence-electron chi connectivity index (χ0n) is 26.7. The van der Waals surface area contributed by atoms with Crippen LogP contribution in [0.3, 0.4) is 0 Å². The van der Waals surface area contributed by atoms with Crippen LogP contribution in [-0.2, 0) is 20.7 Å². The first kappa shape index (κ1) is 38.0. The lowest BCUT2D eigenvalue weighted by atomic mass is 9.69. The minimum Gasteiger partial charge on any atom is -0.493 e. The molecule has 0 heterocycles. The molecule has 0 aliphatic heterocycles. The van der Waals surface area contributed by atoms with Crippen LogP contribution in [0.25, 0.3) is 0 Å². The fourth-order valence-electron chi connectivity index (χ4n) is 5.77. The normalized spacial score (nSPS) is 19.3. The van der Waals surface area contributed by atoms with Gasteiger partial charge in [-0.2, -0.15) is 0 Å². The number of nitrogens with one attached hydrogen (secondary N) is 2. The summed E-state index contributed by atoms with van der Waals surface area (Å²) in [5.41, 5.74) is 6.99. The van der Waals surface area contributed by atoms with E-state index in [1.54, 1.807) is 14.2 Å². The molecule has 0 unspecified atom stereocenters. The molecule has 1 aliphatic carbocycles. The van der Waals surface area contributed by atoms with Gasteiger partial charge in [-0.15, -0.1) is 12.4 Å². The summed E-state index contributed by atoms with van der Waals surface area (Å²) in [7, 11) is 3.30. The maximum absolute atomic E-state index is 13.2. The van der Waals surface area contributed by atoms with Crippen LogP contribution in [0, 0.1) is 23.2 Å². The Bertz CT molecular complexity index is 960. The van der Waals surface area contributed by atoms with Crippen LogP contribution in [0.5, 0.6) is 11.5 Å². The number of benzene rings is 1. The van der Waals surface area contributed by atoms with E-state index in [0.29, 0.717) is 37.1 Å². The lowest BCUT2D eigenvalue weighted by Gasteiger charge is -2.39. The van der Waals surface area contributed by atoms with Crippen molar-refractivity contribution < 1.29 is 28.9 Å². The van der Waals surface area contributed by atoms with E-state index in [9.17, 15) is 14.7 Å². The Balaban J connectivity index is 0.00000882. The second-order valence-electron chi connectivity index (χ2n) is 12.5. The Kier molecular flexibility index (Phi) is 16.8. The van der Waals surface area contributed by atoms with Crippen molar-refractivity contribution in [3.05, 3.63) is 23.8 Å². The van der Waals surface area contributed by atoms with Gasteiger partial charge in [-0.25, -0.2) is 0 Å². The molecule has 2 amide bonds. The minimum absolute atomic E-state index is 0. The van der Waals surface area contributed by atoms with Gasteiger partial charge in [0.15, 0.2) is 11.5 Å². The van der Waals surface area contributed by atoms with Crippen molar-refractivity contribution in [1.82, 2.24) is 10.6 Å². The number of aliphatic hydroxyl groups excluding tert-OH is 1. The predicted octanol–water partition coefficient (Wildman–Crippen LogP) is 4.26. The van der Waals surface area contributed by atoms with Gasteiger partial charge in [0.2, 0.25) is 11.8 Å². The standard InChI is InChI=1S/C32H55N3O6.ClH/c1-21(2)24(16-23-12-13-29(40-7)30(17-23)41-15-9-14-39-6)18-27(33)28(37)20-34-31(38)32(4,5)25-10-8-11-26(19-25)35-22(3)36;/h12-13,17,21,24-28,37H,8-11,14-16,18-20,33H2,1-7H3,(H,34,38)(H,35,36);1H/t24-,25+,26-,27-,28-;/m0./s1. The van der Waals surface area contributed by atoms with E-state index in [0.717, 1.165) is 44.1 Å². The molecule has 5 N–H and O–H groups in total. The molecule has 2 rings (SSSR count). The summed E-state index contributed by atoms with van der Waals surface area (Å²) in [6, 6.07) is 5.62. The second-order valence-corrected chi connectivity index (χ2v) is 12.5. The van der Waals surface area contributed by atoms with Crippen molar-refractivity contribution in [2.45, 2.75) is 97.8 Å². The number of ether oxygens (including phenoxy) is 3. The summed E-state index contributed by atoms with van der Waals surface area (Å²) in [5, 5.41) is 16.9. The van der Waals surface area contributed by atoms with Crippen molar-refractivity contribution in [1.29, 1.82) is 0 Å². The lowest BCUT2D eigenvalue weighted by molar-refractivity contribution is -0.133. The van der Waals surface area contributed by atoms with Crippen molar-refractivity contribution in [3.8, 4) is 11.5 Å². The van der Waals surface area contributed by atoms with E-state index in [-0.39, 0.29) is 48.6 Å². The molecule has 0 spiro atoms. The first-order chi connectivity index (χ1) is 19.4. The topological polar surface area (TPSA) is 132 Å². The van der Waals surface area contributed by atoms with Gasteiger partial charge in [0.1, 0.15) is 0 Å². The van der Waals surface area contributed by atoms with Gasteiger partial charge in [-0.05, 0) is 67.6 Å². The van der Waals surface area contributed by atoms with E-state index in [4.69, 9.17) is 19.9 Å². The lowest BCUT2D eigenvalue weighted by Crippen LogP contribution is -2.50. The zero-order valence-corrected chi connectivity index (χ0v) is 27.6. The van der Waals surface area contributed by atoms with Crippen LogP contribution in [0.4, 0.5) is 0 Å². The van der Waals surface area contributed by atoms with Gasteiger partial charge in [0, 0.05) is 51.1 Å². The number of carbonyl (C=O) groups is 2. The molecule has 1 aromatic carbocycles. The molecule has 242 valence electrons. The Morgan fingerprint density at radius 2 is 1.86 bits per heavy atom. The number of nitrogens with two attached hydrogens (primary N) is 1. The third-order valence-electron chi connectivity index (χ3n) is 8.65. The summed E-state index contributed by atoms with van der Waals surface area (Å²) in [5.74, 6) is 2.01. The number of hydrogen-bond acceptors (Lipinski definition) is 7. The molecule has 0 aromatic heterocycles. The van der Waals surface area contributed by atoms with Gasteiger partial charge in [-0.1, -0.05) is 40.2 Å². The van der Waals surface area contributed by atoms with Crippen LogP contribution >= 0.6 is 12.4 Å². The molecule has 0 saturated heterocycles. The average Bonchev–Trinajstić information content (AvgIpc) is 2.93. The monoisotopic (exact) mass is 613 g/mol. The highest BCUT2D eigenvalue weighted by molar-refractivity contribution is 5.85. The van der Waals surface area contributed by atoms with Crippen LogP contribution in [0.15, 0.2) is 18.2 Å². The van der Waals surface area contributed by atoms with E-state index in [2.05, 4.69) is 24.5 Å². The van der Waals surface area contributed by atoms with Gasteiger partial charge in [0.25, 0.3) is 0 Å². The van der Waals surface area contributed by atoms with Crippen molar-refractivity contribution in [3.63, 3.8) is 0 Å². The third kappa shape index (κ3) is 11.9. The van der Waals surface area contributed by atoms with E-state index >= 15 is 0 Å². The fraction of sp³-hybridized carbons (Fsp3) is 0.750. The second kappa shape index (κ2) is 18.6. The van der Waals surface area contributed by atoms with E-state index in [1.165, 1.54) is 6.92 Å². The maximum atomic E-state index is 13.2. The molecule has 10 heteroatoms. The summed E-state index contributed by atoms with van der Waals surface area (Å²) < 4.78 is 16.5. The number of methoxy groups -OCH3 is 2. The van der Waals surface area contributed by atoms with Gasteiger partial charge < -0.3 is 35.7 Å². The van der Waals surface area contributed by atoms with Crippen LogP contribution in [-0.4, -0.2) is 69.1 Å². The molecule has 1 aromatic rings. The number of carbonyl (C=O) groups excluding carboxylic acids is 2. The number of rotatable bonds is 17. The molecule has 42 heavy (non-hydrogen) atoms. The first-order valence-corrected chi connectivity index (χ1v) is 15.2. The summed E-state index contributed by atoms with van der Waals surface area (Å²) >= 11 is 0. The molecular formula is C32H56ClN3O6. The molecule has 1 saturated carbocycles. The zero-order chi connectivity index (χ0) is 30.6. The SMILES string of the molecule is COCCCOc1cc(C[C@@H](C[C@H](N)[C@@H](O)CNC(=O)C(C)(C)[C@@H]2CCC[C@H](NC(C)=O)C2)C(C)C)ccc1OC.Cl. The maximum Gasteiger partial charge on any atom is 0.226 e. The van der Waals surface area contributed by atoms with Gasteiger partial charge in [0.05, 0.1) is 19.8 Å². The first-order valence-electron chi connectivity index (χ1n) is 15.2. The molecule has 1 fully saturated rings. The molecular weight excluding hydrogens is 558 g/mol. The highest BCUT2D eigenvalue weighted by atomic mass is 35.5. The molecule has 9 nitrogen and oxygen atoms in total. The average molecular weight is 614 g/mol.